The van der Waals surface area contributed by atoms with Crippen LogP contribution in [0, 0.1) is 0 Å². The number of nitrogens with zero attached hydrogens (tertiary/aromatic N) is 2. The first-order valence-electron chi connectivity index (χ1n) is 11.7. The summed E-state index contributed by atoms with van der Waals surface area (Å²) >= 11 is 8.39. The second-order valence-electron chi connectivity index (χ2n) is 8.21. The van der Waals surface area contributed by atoms with Crippen LogP contribution in [0.15, 0.2) is 48.5 Å². The number of hydrogen-bond acceptors (Lipinski definition) is 4. The Balaban J connectivity index is 0.00000126. The molecule has 3 aromatic rings. The second-order valence-corrected chi connectivity index (χ2v) is 9.84. The van der Waals surface area contributed by atoms with Gasteiger partial charge in [-0.15, -0.1) is 0 Å². The van der Waals surface area contributed by atoms with Crippen LogP contribution in [-0.4, -0.2) is 45.6 Å². The van der Waals surface area contributed by atoms with E-state index in [1.54, 1.807) is 6.07 Å². The molecule has 2 N–H and O–H groups in total. The lowest BCUT2D eigenvalue weighted by Gasteiger charge is -2.26. The molecule has 2 fully saturated rings. The van der Waals surface area contributed by atoms with Crippen molar-refractivity contribution in [3.8, 4) is 11.3 Å². The molecular formula is C26H31ClN4OS. The van der Waals surface area contributed by atoms with E-state index < -0.39 is 0 Å². The molecule has 1 aliphatic heterocycles. The monoisotopic (exact) mass is 482 g/mol. The van der Waals surface area contributed by atoms with Crippen molar-refractivity contribution in [3.63, 3.8) is 0 Å². The van der Waals surface area contributed by atoms with E-state index in [4.69, 9.17) is 11.6 Å². The predicted octanol–water partition coefficient (Wildman–Crippen LogP) is 6.43. The molecule has 7 heteroatoms. The van der Waals surface area contributed by atoms with Crippen molar-refractivity contribution in [2.75, 3.05) is 29.9 Å². The van der Waals surface area contributed by atoms with Crippen LogP contribution in [0.1, 0.15) is 54.2 Å². The number of rotatable bonds is 6. The standard InChI is InChI=1S/C24H25ClN4OS.C2H6/c25-21-8-5-18(13-19(21)15-29-9-11-31-12-10-29)24(30)26-20-6-3-17(4-7-20)23-14-22(27-28-23)16-1-2-16;1-2/h3-8,13-14,16H,1-2,9-12,15H2,(H,26,30)(H,27,28);1-2H3. The van der Waals surface area contributed by atoms with Crippen LogP contribution in [0.3, 0.4) is 0 Å². The normalized spacial score (nSPS) is 16.1. The largest absolute Gasteiger partial charge is 0.322 e. The number of hydrogen-bond donors (Lipinski definition) is 2. The number of aromatic amines is 1. The van der Waals surface area contributed by atoms with Crippen LogP contribution in [0.5, 0.6) is 0 Å². The van der Waals surface area contributed by atoms with Crippen molar-refractivity contribution in [1.29, 1.82) is 0 Å². The van der Waals surface area contributed by atoms with Gasteiger partial charge in [-0.3, -0.25) is 14.8 Å². The number of nitrogens with one attached hydrogen (secondary N) is 2. The Morgan fingerprint density at radius 1 is 1.12 bits per heavy atom. The summed E-state index contributed by atoms with van der Waals surface area (Å²) in [6.45, 7) is 6.89. The summed E-state index contributed by atoms with van der Waals surface area (Å²) in [4.78, 5) is 15.2. The summed E-state index contributed by atoms with van der Waals surface area (Å²) in [7, 11) is 0. The Kier molecular flexibility index (Phi) is 8.12. The Morgan fingerprint density at radius 3 is 2.55 bits per heavy atom. The first-order chi connectivity index (χ1) is 16.2. The molecule has 5 nitrogen and oxygen atoms in total. The van der Waals surface area contributed by atoms with Crippen LogP contribution in [0.4, 0.5) is 5.69 Å². The summed E-state index contributed by atoms with van der Waals surface area (Å²) in [6, 6.07) is 15.5. The van der Waals surface area contributed by atoms with Gasteiger partial charge in [-0.1, -0.05) is 37.6 Å². The van der Waals surface area contributed by atoms with E-state index in [0.717, 1.165) is 53.6 Å². The molecule has 0 atom stereocenters. The molecule has 1 aromatic heterocycles. The molecule has 1 aliphatic carbocycles. The molecule has 0 unspecified atom stereocenters. The molecule has 1 saturated carbocycles. The molecule has 2 aromatic carbocycles. The zero-order valence-electron chi connectivity index (χ0n) is 19.2. The fraction of sp³-hybridized carbons (Fsp3) is 0.385. The molecule has 2 aliphatic rings. The molecule has 1 amide bonds. The minimum atomic E-state index is -0.129. The highest BCUT2D eigenvalue weighted by atomic mass is 35.5. The maximum Gasteiger partial charge on any atom is 0.255 e. The molecule has 1 saturated heterocycles. The lowest BCUT2D eigenvalue weighted by atomic mass is 10.1. The van der Waals surface area contributed by atoms with Gasteiger partial charge in [-0.05, 0) is 54.8 Å². The third-order valence-electron chi connectivity index (χ3n) is 5.86. The Labute approximate surface area is 205 Å². The van der Waals surface area contributed by atoms with Gasteiger partial charge in [0.2, 0.25) is 0 Å². The first-order valence-corrected chi connectivity index (χ1v) is 13.2. The summed E-state index contributed by atoms with van der Waals surface area (Å²) in [5.74, 6) is 2.82. The number of H-pyrrole nitrogens is 1. The van der Waals surface area contributed by atoms with Gasteiger partial charge in [0.15, 0.2) is 0 Å². The number of halogens is 1. The number of carbonyl (C=O) groups excluding carboxylic acids is 1. The van der Waals surface area contributed by atoms with Crippen LogP contribution >= 0.6 is 23.4 Å². The van der Waals surface area contributed by atoms with Crippen LogP contribution in [0.25, 0.3) is 11.3 Å². The van der Waals surface area contributed by atoms with E-state index in [2.05, 4.69) is 26.5 Å². The minimum Gasteiger partial charge on any atom is -0.322 e. The number of aromatic nitrogens is 2. The number of thioether (sulfide) groups is 1. The van der Waals surface area contributed by atoms with Gasteiger partial charge in [0, 0.05) is 64.6 Å². The third kappa shape index (κ3) is 6.19. The SMILES string of the molecule is CC.O=C(Nc1ccc(-c2cc(C3CC3)[nH]n2)cc1)c1ccc(Cl)c(CN2CCSCC2)c1. The van der Waals surface area contributed by atoms with Crippen molar-refractivity contribution in [2.45, 2.75) is 39.2 Å². The van der Waals surface area contributed by atoms with E-state index in [-0.39, 0.29) is 5.91 Å². The van der Waals surface area contributed by atoms with Gasteiger partial charge in [-0.2, -0.15) is 16.9 Å². The lowest BCUT2D eigenvalue weighted by molar-refractivity contribution is 0.102. The highest BCUT2D eigenvalue weighted by molar-refractivity contribution is 7.99. The van der Waals surface area contributed by atoms with Crippen LogP contribution in [0.2, 0.25) is 5.02 Å². The number of benzene rings is 2. The van der Waals surface area contributed by atoms with Gasteiger partial charge in [0.1, 0.15) is 0 Å². The van der Waals surface area contributed by atoms with Gasteiger partial charge in [0.25, 0.3) is 5.91 Å². The molecule has 0 bridgehead atoms. The lowest BCUT2D eigenvalue weighted by Crippen LogP contribution is -2.32. The Bertz CT molecular complexity index is 1070. The molecular weight excluding hydrogens is 452 g/mol. The second kappa shape index (κ2) is 11.2. The summed E-state index contributed by atoms with van der Waals surface area (Å²) < 4.78 is 0. The smallest absolute Gasteiger partial charge is 0.255 e. The van der Waals surface area contributed by atoms with Crippen molar-refractivity contribution in [1.82, 2.24) is 15.1 Å². The fourth-order valence-corrected chi connectivity index (χ4v) is 5.01. The minimum absolute atomic E-state index is 0.129. The van der Waals surface area contributed by atoms with E-state index in [1.165, 1.54) is 18.5 Å². The number of anilines is 1. The first kappa shape index (κ1) is 23.9. The zero-order valence-corrected chi connectivity index (χ0v) is 20.8. The van der Waals surface area contributed by atoms with E-state index in [9.17, 15) is 4.79 Å². The van der Waals surface area contributed by atoms with Crippen LogP contribution in [-0.2, 0) is 6.54 Å². The zero-order chi connectivity index (χ0) is 23.2. The van der Waals surface area contributed by atoms with Crippen molar-refractivity contribution >= 4 is 35.0 Å². The molecule has 0 spiro atoms. The fourth-order valence-electron chi connectivity index (χ4n) is 3.85. The molecule has 5 rings (SSSR count). The van der Waals surface area contributed by atoms with E-state index in [0.29, 0.717) is 16.5 Å². The number of amides is 1. The van der Waals surface area contributed by atoms with E-state index in [1.807, 2.05) is 62.0 Å². The third-order valence-corrected chi connectivity index (χ3v) is 7.17. The summed E-state index contributed by atoms with van der Waals surface area (Å²) in [5, 5.41) is 11.3. The maximum atomic E-state index is 12.8. The molecule has 174 valence electrons. The van der Waals surface area contributed by atoms with E-state index >= 15 is 0 Å². The Hall–Kier alpha value is -2.28. The van der Waals surface area contributed by atoms with Crippen molar-refractivity contribution in [2.24, 2.45) is 0 Å². The molecule has 0 radical (unpaired) electrons. The summed E-state index contributed by atoms with van der Waals surface area (Å²) in [5.41, 5.74) is 5.58. The predicted molar refractivity (Wildman–Crippen MR) is 139 cm³/mol. The Morgan fingerprint density at radius 2 is 1.85 bits per heavy atom. The summed E-state index contributed by atoms with van der Waals surface area (Å²) in [6.07, 6.45) is 2.49. The average molecular weight is 483 g/mol. The van der Waals surface area contributed by atoms with Crippen LogP contribution < -0.4 is 5.32 Å². The quantitative estimate of drug-likeness (QED) is 0.424. The van der Waals surface area contributed by atoms with Crippen molar-refractivity contribution < 1.29 is 4.79 Å². The number of carbonyl (C=O) groups is 1. The van der Waals surface area contributed by atoms with Gasteiger partial charge < -0.3 is 5.32 Å². The van der Waals surface area contributed by atoms with Gasteiger partial charge >= 0.3 is 0 Å². The van der Waals surface area contributed by atoms with Gasteiger partial charge in [-0.25, -0.2) is 0 Å². The van der Waals surface area contributed by atoms with Crippen molar-refractivity contribution in [3.05, 3.63) is 70.4 Å². The average Bonchev–Trinajstić information content (AvgIpc) is 3.59. The highest BCUT2D eigenvalue weighted by Gasteiger charge is 2.25. The maximum absolute atomic E-state index is 12.8. The highest BCUT2D eigenvalue weighted by Crippen LogP contribution is 2.40. The molecule has 33 heavy (non-hydrogen) atoms. The molecule has 2 heterocycles. The van der Waals surface area contributed by atoms with Gasteiger partial charge in [0.05, 0.1) is 5.69 Å². The topological polar surface area (TPSA) is 61.0 Å².